The van der Waals surface area contributed by atoms with E-state index in [0.717, 1.165) is 34.5 Å². The normalized spacial score (nSPS) is 12.9. The largest absolute Gasteiger partial charge is 0.396 e. The average molecular weight is 256 g/mol. The highest BCUT2D eigenvalue weighted by Gasteiger charge is 2.12. The Morgan fingerprint density at radius 1 is 1.32 bits per heavy atom. The zero-order valence-electron chi connectivity index (χ0n) is 10.7. The third kappa shape index (κ3) is 2.13. The maximum absolute atomic E-state index is 9.30. The molecule has 0 aliphatic heterocycles. The highest BCUT2D eigenvalue weighted by Crippen LogP contribution is 2.24. The molecule has 98 valence electrons. The molecule has 3 rings (SSSR count). The summed E-state index contributed by atoms with van der Waals surface area (Å²) < 4.78 is 0. The second kappa shape index (κ2) is 4.85. The van der Waals surface area contributed by atoms with Gasteiger partial charge < -0.3 is 15.1 Å². The van der Waals surface area contributed by atoms with Gasteiger partial charge in [-0.05, 0) is 18.6 Å². The molecule has 0 saturated carbocycles. The number of aliphatic hydroxyl groups excluding tert-OH is 1. The van der Waals surface area contributed by atoms with Crippen LogP contribution in [0.1, 0.15) is 25.1 Å². The van der Waals surface area contributed by atoms with Crippen molar-refractivity contribution >= 4 is 11.0 Å². The first kappa shape index (κ1) is 11.9. The lowest BCUT2D eigenvalue weighted by Crippen LogP contribution is -2.04. The van der Waals surface area contributed by atoms with Crippen LogP contribution in [0.15, 0.2) is 30.7 Å². The van der Waals surface area contributed by atoms with Gasteiger partial charge in [0, 0.05) is 11.5 Å². The first-order chi connectivity index (χ1) is 9.31. The smallest absolute Gasteiger partial charge is 0.111 e. The lowest BCUT2D eigenvalue weighted by molar-refractivity contribution is 0.258. The van der Waals surface area contributed by atoms with Gasteiger partial charge in [0.25, 0.3) is 0 Å². The van der Waals surface area contributed by atoms with Crippen molar-refractivity contribution in [3.8, 4) is 11.3 Å². The van der Waals surface area contributed by atoms with Crippen LogP contribution < -0.4 is 0 Å². The summed E-state index contributed by atoms with van der Waals surface area (Å²) in [5, 5.41) is 9.30. The molecule has 0 bridgehead atoms. The fourth-order valence-corrected chi connectivity index (χ4v) is 2.20. The van der Waals surface area contributed by atoms with E-state index in [9.17, 15) is 5.11 Å². The van der Waals surface area contributed by atoms with Crippen LogP contribution in [0, 0.1) is 0 Å². The van der Waals surface area contributed by atoms with Gasteiger partial charge in [0.2, 0.25) is 0 Å². The predicted molar refractivity (Wildman–Crippen MR) is 73.8 cm³/mol. The van der Waals surface area contributed by atoms with E-state index in [1.165, 1.54) is 0 Å². The fraction of sp³-hybridized carbons (Fsp3) is 0.286. The number of hydrogen-bond acceptors (Lipinski definition) is 3. The molecule has 5 heteroatoms. The monoisotopic (exact) mass is 256 g/mol. The molecule has 5 nitrogen and oxygen atoms in total. The maximum atomic E-state index is 9.30. The number of aromatic amines is 2. The zero-order valence-corrected chi connectivity index (χ0v) is 10.7. The average Bonchev–Trinajstić information content (AvgIpc) is 3.08. The van der Waals surface area contributed by atoms with E-state index >= 15 is 0 Å². The number of hydrogen-bond donors (Lipinski definition) is 3. The van der Waals surface area contributed by atoms with Crippen LogP contribution in [0.5, 0.6) is 0 Å². The summed E-state index contributed by atoms with van der Waals surface area (Å²) in [4.78, 5) is 14.9. The summed E-state index contributed by atoms with van der Waals surface area (Å²) in [6, 6.07) is 6.03. The highest BCUT2D eigenvalue weighted by atomic mass is 16.3. The Hall–Kier alpha value is -2.14. The van der Waals surface area contributed by atoms with E-state index in [0.29, 0.717) is 0 Å². The van der Waals surface area contributed by atoms with Crippen LogP contribution in [0.4, 0.5) is 0 Å². The van der Waals surface area contributed by atoms with Crippen LogP contribution in [0.25, 0.3) is 22.3 Å². The van der Waals surface area contributed by atoms with Gasteiger partial charge in [-0.25, -0.2) is 9.97 Å². The molecule has 1 aromatic carbocycles. The first-order valence-corrected chi connectivity index (χ1v) is 6.41. The van der Waals surface area contributed by atoms with Gasteiger partial charge >= 0.3 is 0 Å². The van der Waals surface area contributed by atoms with Gasteiger partial charge in [0.05, 0.1) is 35.9 Å². The summed E-state index contributed by atoms with van der Waals surface area (Å²) in [6.45, 7) is 2.16. The molecule has 2 heterocycles. The second-order valence-electron chi connectivity index (χ2n) is 4.60. The van der Waals surface area contributed by atoms with Crippen molar-refractivity contribution in [2.75, 3.05) is 6.61 Å². The van der Waals surface area contributed by atoms with Crippen molar-refractivity contribution in [2.24, 2.45) is 0 Å². The number of benzene rings is 1. The fourth-order valence-electron chi connectivity index (χ4n) is 2.20. The molecule has 2 aromatic heterocycles. The van der Waals surface area contributed by atoms with E-state index in [1.54, 1.807) is 6.33 Å². The predicted octanol–water partition coefficient (Wildman–Crippen LogP) is 2.44. The second-order valence-corrected chi connectivity index (χ2v) is 4.60. The molecular weight excluding hydrogens is 240 g/mol. The molecule has 0 aliphatic carbocycles. The van der Waals surface area contributed by atoms with Crippen LogP contribution in [-0.4, -0.2) is 31.6 Å². The lowest BCUT2D eigenvalue weighted by Gasteiger charge is -2.07. The Labute approximate surface area is 110 Å². The highest BCUT2D eigenvalue weighted by molar-refractivity contribution is 5.80. The molecule has 0 radical (unpaired) electrons. The van der Waals surface area contributed by atoms with E-state index in [-0.39, 0.29) is 12.5 Å². The third-order valence-corrected chi connectivity index (χ3v) is 3.43. The molecule has 0 spiro atoms. The molecular formula is C14H16N4O. The minimum absolute atomic E-state index is 0.0737. The third-order valence-electron chi connectivity index (χ3n) is 3.43. The molecule has 0 fully saturated rings. The van der Waals surface area contributed by atoms with Gasteiger partial charge in [0.1, 0.15) is 5.82 Å². The summed E-state index contributed by atoms with van der Waals surface area (Å²) in [6.07, 6.45) is 4.36. The van der Waals surface area contributed by atoms with Crippen molar-refractivity contribution in [3.05, 3.63) is 36.5 Å². The van der Waals surface area contributed by atoms with E-state index in [1.807, 2.05) is 31.3 Å². The van der Waals surface area contributed by atoms with E-state index < -0.39 is 0 Å². The number of H-pyrrole nitrogens is 2. The van der Waals surface area contributed by atoms with Crippen molar-refractivity contribution in [2.45, 2.75) is 19.3 Å². The summed E-state index contributed by atoms with van der Waals surface area (Å²) >= 11 is 0. The Morgan fingerprint density at radius 3 is 3.00 bits per heavy atom. The van der Waals surface area contributed by atoms with Crippen molar-refractivity contribution in [1.82, 2.24) is 19.9 Å². The SMILES string of the molecule is CCC(CO)c1ncc(-c2ccc3nc[nH]c3c2)[nH]1. The molecule has 0 amide bonds. The Morgan fingerprint density at radius 2 is 2.21 bits per heavy atom. The maximum Gasteiger partial charge on any atom is 0.111 e. The van der Waals surface area contributed by atoms with Gasteiger partial charge in [-0.15, -0.1) is 0 Å². The molecule has 0 aliphatic rings. The Balaban J connectivity index is 1.97. The number of nitrogens with one attached hydrogen (secondary N) is 2. The van der Waals surface area contributed by atoms with Gasteiger partial charge in [-0.3, -0.25) is 0 Å². The minimum atomic E-state index is 0.0737. The van der Waals surface area contributed by atoms with Gasteiger partial charge in [-0.1, -0.05) is 13.0 Å². The van der Waals surface area contributed by atoms with Crippen LogP contribution in [0.3, 0.4) is 0 Å². The van der Waals surface area contributed by atoms with Crippen LogP contribution >= 0.6 is 0 Å². The van der Waals surface area contributed by atoms with Crippen molar-refractivity contribution in [3.63, 3.8) is 0 Å². The topological polar surface area (TPSA) is 77.6 Å². The standard InChI is InChI=1S/C14H16N4O/c1-2-9(7-19)14-15-6-13(18-14)10-3-4-11-12(5-10)17-8-16-11/h3-6,8-9,19H,2,7H2,1H3,(H,15,18)(H,16,17). The summed E-state index contributed by atoms with van der Waals surface area (Å²) in [5.41, 5.74) is 3.97. The molecule has 3 aromatic rings. The minimum Gasteiger partial charge on any atom is -0.396 e. The van der Waals surface area contributed by atoms with Gasteiger partial charge in [0.15, 0.2) is 0 Å². The van der Waals surface area contributed by atoms with Crippen LogP contribution in [-0.2, 0) is 0 Å². The molecule has 3 N–H and O–H groups in total. The Kier molecular flexibility index (Phi) is 3.05. The molecule has 1 unspecified atom stereocenters. The number of aliphatic hydroxyl groups is 1. The van der Waals surface area contributed by atoms with Crippen LogP contribution in [0.2, 0.25) is 0 Å². The summed E-state index contributed by atoms with van der Waals surface area (Å²) in [5.74, 6) is 0.911. The zero-order chi connectivity index (χ0) is 13.2. The van der Waals surface area contributed by atoms with E-state index in [4.69, 9.17) is 0 Å². The number of fused-ring (bicyclic) bond motifs is 1. The number of aromatic nitrogens is 4. The van der Waals surface area contributed by atoms with Gasteiger partial charge in [-0.2, -0.15) is 0 Å². The summed E-state index contributed by atoms with van der Waals surface area (Å²) in [7, 11) is 0. The molecule has 0 saturated heterocycles. The Bertz CT molecular complexity index is 681. The number of rotatable bonds is 4. The quantitative estimate of drug-likeness (QED) is 0.671. The van der Waals surface area contributed by atoms with E-state index in [2.05, 4.69) is 19.9 Å². The van der Waals surface area contributed by atoms with Crippen molar-refractivity contribution in [1.29, 1.82) is 0 Å². The number of imidazole rings is 2. The lowest BCUT2D eigenvalue weighted by atomic mass is 10.1. The van der Waals surface area contributed by atoms with Crippen molar-refractivity contribution < 1.29 is 5.11 Å². The molecule has 1 atom stereocenters. The first-order valence-electron chi connectivity index (χ1n) is 6.41. The molecule has 19 heavy (non-hydrogen) atoms. The number of nitrogens with zero attached hydrogens (tertiary/aromatic N) is 2.